The van der Waals surface area contributed by atoms with Gasteiger partial charge in [-0.3, -0.25) is 0 Å². The zero-order valence-electron chi connectivity index (χ0n) is 10.8. The van der Waals surface area contributed by atoms with Crippen LogP contribution in [0.3, 0.4) is 0 Å². The Morgan fingerprint density at radius 2 is 2.00 bits per heavy atom. The molecule has 2 aromatic rings. The molecular weight excluding hydrogens is 344 g/mol. The Hall–Kier alpha value is -1.41. The first-order valence-corrected chi connectivity index (χ1v) is 7.81. The van der Waals surface area contributed by atoms with Gasteiger partial charge in [-0.2, -0.15) is 0 Å². The van der Waals surface area contributed by atoms with Crippen molar-refractivity contribution in [3.63, 3.8) is 0 Å². The summed E-state index contributed by atoms with van der Waals surface area (Å²) >= 11 is 5.07. The van der Waals surface area contributed by atoms with Gasteiger partial charge in [0.1, 0.15) is 19.0 Å². The average molecular weight is 357 g/mol. The fourth-order valence-corrected chi connectivity index (χ4v) is 3.35. The number of aryl methyl sites for hydroxylation is 1. The summed E-state index contributed by atoms with van der Waals surface area (Å²) in [6.07, 6.45) is 0. The second-order valence-electron chi connectivity index (χ2n) is 4.28. The number of hydrogen-bond donors (Lipinski definition) is 1. The third-order valence-electron chi connectivity index (χ3n) is 2.90. The smallest absolute Gasteiger partial charge is 0.210 e. The molecule has 3 rings (SSSR count). The first-order chi connectivity index (χ1) is 9.65. The molecule has 106 valence electrons. The van der Waals surface area contributed by atoms with E-state index in [0.717, 1.165) is 21.5 Å². The summed E-state index contributed by atoms with van der Waals surface area (Å²) in [5.74, 6) is 8.78. The normalized spacial score (nSPS) is 13.5. The predicted molar refractivity (Wildman–Crippen MR) is 79.6 cm³/mol. The van der Waals surface area contributed by atoms with Crippen molar-refractivity contribution in [3.05, 3.63) is 28.0 Å². The molecule has 0 amide bonds. The van der Waals surface area contributed by atoms with Crippen LogP contribution in [0.25, 0.3) is 0 Å². The Morgan fingerprint density at radius 3 is 2.65 bits per heavy atom. The lowest BCUT2D eigenvalue weighted by atomic mass is 10.2. The number of benzene rings is 1. The van der Waals surface area contributed by atoms with Gasteiger partial charge in [-0.15, -0.1) is 10.2 Å². The minimum Gasteiger partial charge on any atom is -0.486 e. The molecule has 1 aromatic carbocycles. The van der Waals surface area contributed by atoms with Gasteiger partial charge in [0, 0.05) is 10.2 Å². The summed E-state index contributed by atoms with van der Waals surface area (Å²) in [6, 6.07) is 3.92. The van der Waals surface area contributed by atoms with Gasteiger partial charge in [0.15, 0.2) is 11.5 Å². The van der Waals surface area contributed by atoms with E-state index in [4.69, 9.17) is 15.3 Å². The van der Waals surface area contributed by atoms with Crippen molar-refractivity contribution < 1.29 is 9.47 Å². The zero-order chi connectivity index (χ0) is 14.1. The van der Waals surface area contributed by atoms with Crippen LogP contribution in [0.2, 0.25) is 0 Å². The Kier molecular flexibility index (Phi) is 3.75. The minimum absolute atomic E-state index is 0.581. The van der Waals surface area contributed by atoms with Gasteiger partial charge in [0.2, 0.25) is 5.16 Å². The molecule has 0 unspecified atom stereocenters. The Morgan fingerprint density at radius 1 is 1.30 bits per heavy atom. The maximum absolute atomic E-state index is 5.83. The molecule has 0 saturated carbocycles. The van der Waals surface area contributed by atoms with Gasteiger partial charge < -0.3 is 15.3 Å². The van der Waals surface area contributed by atoms with E-state index in [9.17, 15) is 0 Å². The van der Waals surface area contributed by atoms with Crippen LogP contribution in [-0.4, -0.2) is 28.1 Å². The van der Waals surface area contributed by atoms with Crippen molar-refractivity contribution in [2.75, 3.05) is 19.1 Å². The monoisotopic (exact) mass is 356 g/mol. The molecule has 1 aliphatic heterocycles. The highest BCUT2D eigenvalue weighted by molar-refractivity contribution is 9.10. The first kappa shape index (κ1) is 13.6. The van der Waals surface area contributed by atoms with Gasteiger partial charge in [0.05, 0.1) is 0 Å². The van der Waals surface area contributed by atoms with Gasteiger partial charge in [0.25, 0.3) is 0 Å². The van der Waals surface area contributed by atoms with Crippen molar-refractivity contribution in [1.29, 1.82) is 0 Å². The number of aromatic nitrogens is 3. The molecule has 0 fully saturated rings. The maximum Gasteiger partial charge on any atom is 0.210 e. The molecule has 1 aromatic heterocycles. The van der Waals surface area contributed by atoms with E-state index >= 15 is 0 Å². The molecule has 20 heavy (non-hydrogen) atoms. The number of nitrogen functional groups attached to an aromatic ring is 1. The van der Waals surface area contributed by atoms with Crippen LogP contribution in [0.5, 0.6) is 11.5 Å². The Bertz CT molecular complexity index is 647. The van der Waals surface area contributed by atoms with Gasteiger partial charge in [-0.05, 0) is 24.6 Å². The SMILES string of the molecule is Cc1nnc(SCc2cc3c(cc2Br)OCCO3)n1N. The number of thioether (sulfide) groups is 1. The number of halogens is 1. The number of rotatable bonds is 3. The van der Waals surface area contributed by atoms with Crippen LogP contribution >= 0.6 is 27.7 Å². The number of nitrogens with zero attached hydrogens (tertiary/aromatic N) is 3. The van der Waals surface area contributed by atoms with Gasteiger partial charge >= 0.3 is 0 Å². The van der Waals surface area contributed by atoms with E-state index in [1.54, 1.807) is 0 Å². The van der Waals surface area contributed by atoms with E-state index in [-0.39, 0.29) is 0 Å². The van der Waals surface area contributed by atoms with Crippen LogP contribution in [0.1, 0.15) is 11.4 Å². The Balaban J connectivity index is 1.79. The summed E-state index contributed by atoms with van der Waals surface area (Å²) in [5, 5.41) is 8.64. The third kappa shape index (κ3) is 2.57. The lowest BCUT2D eigenvalue weighted by Gasteiger charge is -2.19. The molecule has 2 N–H and O–H groups in total. The molecule has 0 atom stereocenters. The fourth-order valence-electron chi connectivity index (χ4n) is 1.81. The molecule has 1 aliphatic rings. The Labute approximate surface area is 128 Å². The van der Waals surface area contributed by atoms with E-state index in [1.807, 2.05) is 19.1 Å². The van der Waals surface area contributed by atoms with Crippen LogP contribution in [0.4, 0.5) is 0 Å². The number of hydrogen-bond acceptors (Lipinski definition) is 6. The number of nitrogens with two attached hydrogens (primary N) is 1. The molecular formula is C12H13BrN4O2S. The van der Waals surface area contributed by atoms with E-state index in [1.165, 1.54) is 16.4 Å². The molecule has 2 heterocycles. The van der Waals surface area contributed by atoms with Gasteiger partial charge in [-0.25, -0.2) is 4.68 Å². The highest BCUT2D eigenvalue weighted by atomic mass is 79.9. The van der Waals surface area contributed by atoms with E-state index < -0.39 is 0 Å². The zero-order valence-corrected chi connectivity index (χ0v) is 13.2. The number of fused-ring (bicyclic) bond motifs is 1. The topological polar surface area (TPSA) is 75.2 Å². The van der Waals surface area contributed by atoms with Crippen LogP contribution in [0, 0.1) is 6.92 Å². The number of ether oxygens (including phenoxy) is 2. The quantitative estimate of drug-likeness (QED) is 0.670. The lowest BCUT2D eigenvalue weighted by molar-refractivity contribution is 0.171. The fraction of sp³-hybridized carbons (Fsp3) is 0.333. The summed E-state index contributed by atoms with van der Waals surface area (Å²) in [6.45, 7) is 2.98. The second-order valence-corrected chi connectivity index (χ2v) is 6.07. The maximum atomic E-state index is 5.83. The largest absolute Gasteiger partial charge is 0.486 e. The highest BCUT2D eigenvalue weighted by Crippen LogP contribution is 2.37. The highest BCUT2D eigenvalue weighted by Gasteiger charge is 2.16. The molecule has 8 heteroatoms. The molecule has 0 aliphatic carbocycles. The summed E-state index contributed by atoms with van der Waals surface area (Å²) in [5.41, 5.74) is 1.10. The molecule has 6 nitrogen and oxygen atoms in total. The van der Waals surface area contributed by atoms with Crippen molar-refractivity contribution >= 4 is 27.7 Å². The molecule has 0 spiro atoms. The van der Waals surface area contributed by atoms with E-state index in [2.05, 4.69) is 26.1 Å². The van der Waals surface area contributed by atoms with Gasteiger partial charge in [-0.1, -0.05) is 27.7 Å². The average Bonchev–Trinajstić information content (AvgIpc) is 2.76. The van der Waals surface area contributed by atoms with Crippen LogP contribution in [-0.2, 0) is 5.75 Å². The third-order valence-corrected chi connectivity index (χ3v) is 4.63. The standard InChI is InChI=1S/C12H13BrN4O2S/c1-7-15-16-12(17(7)14)20-6-8-4-10-11(5-9(8)13)19-3-2-18-10/h4-5H,2-3,6,14H2,1H3. The molecule has 0 saturated heterocycles. The van der Waals surface area contributed by atoms with Crippen molar-refractivity contribution in [3.8, 4) is 11.5 Å². The van der Waals surface area contributed by atoms with Crippen LogP contribution in [0.15, 0.2) is 21.8 Å². The van der Waals surface area contributed by atoms with Crippen molar-refractivity contribution in [2.24, 2.45) is 0 Å². The minimum atomic E-state index is 0.581. The first-order valence-electron chi connectivity index (χ1n) is 6.03. The lowest BCUT2D eigenvalue weighted by Crippen LogP contribution is -2.15. The van der Waals surface area contributed by atoms with Crippen molar-refractivity contribution in [2.45, 2.75) is 17.8 Å². The predicted octanol–water partition coefficient (Wildman–Crippen LogP) is 2.13. The van der Waals surface area contributed by atoms with E-state index in [0.29, 0.717) is 29.9 Å². The molecule has 0 bridgehead atoms. The van der Waals surface area contributed by atoms with Crippen LogP contribution < -0.4 is 15.3 Å². The second kappa shape index (κ2) is 5.53. The summed E-state index contributed by atoms with van der Waals surface area (Å²) in [7, 11) is 0. The summed E-state index contributed by atoms with van der Waals surface area (Å²) in [4.78, 5) is 0. The molecule has 0 radical (unpaired) electrons. The van der Waals surface area contributed by atoms with Crippen molar-refractivity contribution in [1.82, 2.24) is 14.9 Å². The summed E-state index contributed by atoms with van der Waals surface area (Å²) < 4.78 is 13.6.